The fourth-order valence-corrected chi connectivity index (χ4v) is 3.19. The quantitative estimate of drug-likeness (QED) is 0.877. The van der Waals surface area contributed by atoms with Crippen molar-refractivity contribution in [2.24, 2.45) is 5.92 Å². The van der Waals surface area contributed by atoms with E-state index in [0.29, 0.717) is 6.54 Å². The molecule has 1 fully saturated rings. The van der Waals surface area contributed by atoms with E-state index >= 15 is 0 Å². The largest absolute Gasteiger partial charge is 0.355 e. The zero-order valence-corrected chi connectivity index (χ0v) is 14.4. The molecule has 24 heavy (non-hydrogen) atoms. The summed E-state index contributed by atoms with van der Waals surface area (Å²) in [6, 6.07) is 11.7. The molecule has 1 saturated heterocycles. The molecule has 0 aliphatic carbocycles. The minimum Gasteiger partial charge on any atom is -0.355 e. The first-order valence-corrected chi connectivity index (χ1v) is 8.80. The number of aromatic nitrogens is 1. The summed E-state index contributed by atoms with van der Waals surface area (Å²) < 4.78 is 0. The van der Waals surface area contributed by atoms with E-state index in [1.807, 2.05) is 30.3 Å². The summed E-state index contributed by atoms with van der Waals surface area (Å²) >= 11 is 5.96. The van der Waals surface area contributed by atoms with Gasteiger partial charge in [-0.2, -0.15) is 0 Å². The maximum atomic E-state index is 12.2. The number of nitrogens with zero attached hydrogens (tertiary/aromatic N) is 1. The molecule has 4 nitrogen and oxygen atoms in total. The van der Waals surface area contributed by atoms with E-state index in [2.05, 4.69) is 21.7 Å². The highest BCUT2D eigenvalue weighted by molar-refractivity contribution is 6.30. The van der Waals surface area contributed by atoms with Crippen LogP contribution in [0.1, 0.15) is 18.5 Å². The molecule has 1 amide bonds. The van der Waals surface area contributed by atoms with Gasteiger partial charge < -0.3 is 10.6 Å². The third-order valence-corrected chi connectivity index (χ3v) is 4.67. The smallest absolute Gasteiger partial charge is 0.223 e. The van der Waals surface area contributed by atoms with Crippen LogP contribution >= 0.6 is 11.6 Å². The molecule has 1 aromatic carbocycles. The molecule has 2 heterocycles. The number of pyridine rings is 1. The summed E-state index contributed by atoms with van der Waals surface area (Å²) in [5.41, 5.74) is 3.17. The first-order chi connectivity index (χ1) is 11.7. The number of carbonyl (C=O) groups is 1. The second-order valence-corrected chi connectivity index (χ2v) is 6.51. The average molecular weight is 344 g/mol. The first-order valence-electron chi connectivity index (χ1n) is 8.42. The van der Waals surface area contributed by atoms with E-state index in [0.717, 1.165) is 54.2 Å². The molecular weight excluding hydrogens is 322 g/mol. The Morgan fingerprint density at radius 3 is 2.71 bits per heavy atom. The Balaban J connectivity index is 1.61. The van der Waals surface area contributed by atoms with Crippen molar-refractivity contribution in [3.05, 3.63) is 53.3 Å². The maximum absolute atomic E-state index is 12.2. The summed E-state index contributed by atoms with van der Waals surface area (Å²) in [7, 11) is 0. The fraction of sp³-hybridized carbons (Fsp3) is 0.368. The number of piperidine rings is 1. The molecule has 0 unspecified atom stereocenters. The summed E-state index contributed by atoms with van der Waals surface area (Å²) in [4.78, 5) is 16.7. The van der Waals surface area contributed by atoms with Crippen LogP contribution in [0.4, 0.5) is 0 Å². The highest BCUT2D eigenvalue weighted by atomic mass is 35.5. The minimum absolute atomic E-state index is 0.144. The number of benzene rings is 1. The van der Waals surface area contributed by atoms with Crippen molar-refractivity contribution in [3.63, 3.8) is 0 Å². The lowest BCUT2D eigenvalue weighted by molar-refractivity contribution is -0.125. The van der Waals surface area contributed by atoms with Crippen LogP contribution in [0.2, 0.25) is 5.02 Å². The third kappa shape index (κ3) is 4.34. The highest BCUT2D eigenvalue weighted by Crippen LogP contribution is 2.24. The molecule has 0 saturated carbocycles. The van der Waals surface area contributed by atoms with Gasteiger partial charge in [-0.05, 0) is 49.7 Å². The molecule has 1 aliphatic heterocycles. The number of hydrogen-bond acceptors (Lipinski definition) is 3. The molecule has 0 atom stereocenters. The number of nitrogens with one attached hydrogen (secondary N) is 2. The molecule has 2 N–H and O–H groups in total. The molecule has 3 rings (SSSR count). The van der Waals surface area contributed by atoms with Crippen molar-refractivity contribution in [1.29, 1.82) is 0 Å². The Labute approximate surface area is 147 Å². The van der Waals surface area contributed by atoms with Gasteiger partial charge >= 0.3 is 0 Å². The van der Waals surface area contributed by atoms with Crippen molar-refractivity contribution in [1.82, 2.24) is 15.6 Å². The predicted molar refractivity (Wildman–Crippen MR) is 97.0 cm³/mol. The van der Waals surface area contributed by atoms with Crippen LogP contribution < -0.4 is 10.6 Å². The van der Waals surface area contributed by atoms with Gasteiger partial charge in [-0.15, -0.1) is 0 Å². The molecule has 5 heteroatoms. The first kappa shape index (κ1) is 16.9. The van der Waals surface area contributed by atoms with Crippen molar-refractivity contribution >= 4 is 17.5 Å². The van der Waals surface area contributed by atoms with E-state index in [1.54, 1.807) is 6.20 Å². The lowest BCUT2D eigenvalue weighted by atomic mass is 9.97. The normalized spacial score (nSPS) is 15.2. The molecule has 2 aromatic rings. The molecular formula is C19H22ClN3O. The number of hydrogen-bond donors (Lipinski definition) is 2. The van der Waals surface area contributed by atoms with Crippen LogP contribution in [0, 0.1) is 5.92 Å². The maximum Gasteiger partial charge on any atom is 0.223 e. The topological polar surface area (TPSA) is 54.0 Å². The van der Waals surface area contributed by atoms with E-state index in [4.69, 9.17) is 11.6 Å². The van der Waals surface area contributed by atoms with Gasteiger partial charge in [0.15, 0.2) is 0 Å². The van der Waals surface area contributed by atoms with Crippen LogP contribution in [0.15, 0.2) is 42.6 Å². The van der Waals surface area contributed by atoms with Crippen LogP contribution in [0.3, 0.4) is 0 Å². The van der Waals surface area contributed by atoms with Gasteiger partial charge in [0, 0.05) is 41.4 Å². The predicted octanol–water partition coefficient (Wildman–Crippen LogP) is 3.06. The summed E-state index contributed by atoms with van der Waals surface area (Å²) in [6.45, 7) is 2.47. The zero-order chi connectivity index (χ0) is 16.8. The number of amides is 1. The lowest BCUT2D eigenvalue weighted by Gasteiger charge is -2.21. The third-order valence-electron chi connectivity index (χ3n) is 4.42. The van der Waals surface area contributed by atoms with Crippen LogP contribution in [-0.2, 0) is 11.2 Å². The van der Waals surface area contributed by atoms with Crippen molar-refractivity contribution in [2.45, 2.75) is 19.3 Å². The molecule has 126 valence electrons. The molecule has 0 spiro atoms. The summed E-state index contributed by atoms with van der Waals surface area (Å²) in [5, 5.41) is 7.06. The Kier molecular flexibility index (Phi) is 5.83. The van der Waals surface area contributed by atoms with Gasteiger partial charge in [-0.25, -0.2) is 0 Å². The van der Waals surface area contributed by atoms with Gasteiger partial charge in [-0.3, -0.25) is 9.78 Å². The van der Waals surface area contributed by atoms with Crippen molar-refractivity contribution in [3.8, 4) is 11.1 Å². The summed E-state index contributed by atoms with van der Waals surface area (Å²) in [6.07, 6.45) is 4.36. The van der Waals surface area contributed by atoms with Gasteiger partial charge in [0.1, 0.15) is 0 Å². The second-order valence-electron chi connectivity index (χ2n) is 6.07. The standard InChI is InChI=1S/C19H22ClN3O/c20-16-5-3-14(4-6-16)17-2-1-10-22-18(17)9-13-23-19(24)15-7-11-21-12-8-15/h1-6,10,15,21H,7-9,11-13H2,(H,23,24). The highest BCUT2D eigenvalue weighted by Gasteiger charge is 2.20. The van der Waals surface area contributed by atoms with E-state index in [1.165, 1.54) is 0 Å². The summed E-state index contributed by atoms with van der Waals surface area (Å²) in [5.74, 6) is 0.311. The second kappa shape index (κ2) is 8.27. The Hall–Kier alpha value is -1.91. The van der Waals surface area contributed by atoms with Gasteiger partial charge in [-0.1, -0.05) is 29.8 Å². The van der Waals surface area contributed by atoms with E-state index in [9.17, 15) is 4.79 Å². The Morgan fingerprint density at radius 2 is 1.96 bits per heavy atom. The van der Waals surface area contributed by atoms with Crippen LogP contribution in [-0.4, -0.2) is 30.5 Å². The van der Waals surface area contributed by atoms with Crippen molar-refractivity contribution < 1.29 is 4.79 Å². The van der Waals surface area contributed by atoms with Gasteiger partial charge in [0.25, 0.3) is 0 Å². The van der Waals surface area contributed by atoms with E-state index < -0.39 is 0 Å². The minimum atomic E-state index is 0.144. The van der Waals surface area contributed by atoms with Gasteiger partial charge in [0.2, 0.25) is 5.91 Å². The van der Waals surface area contributed by atoms with Crippen LogP contribution in [0.5, 0.6) is 0 Å². The van der Waals surface area contributed by atoms with Crippen LogP contribution in [0.25, 0.3) is 11.1 Å². The number of rotatable bonds is 5. The van der Waals surface area contributed by atoms with E-state index in [-0.39, 0.29) is 11.8 Å². The molecule has 1 aliphatic rings. The SMILES string of the molecule is O=C(NCCc1ncccc1-c1ccc(Cl)cc1)C1CCNCC1. The molecule has 0 bridgehead atoms. The van der Waals surface area contributed by atoms with Gasteiger partial charge in [0.05, 0.1) is 0 Å². The van der Waals surface area contributed by atoms with Crippen molar-refractivity contribution in [2.75, 3.05) is 19.6 Å². The Bertz CT molecular complexity index is 681. The average Bonchev–Trinajstić information content (AvgIpc) is 2.63. The molecule has 1 aromatic heterocycles. The molecule has 0 radical (unpaired) electrons. The zero-order valence-electron chi connectivity index (χ0n) is 13.6. The number of carbonyl (C=O) groups excluding carboxylic acids is 1. The fourth-order valence-electron chi connectivity index (χ4n) is 3.06. The lowest BCUT2D eigenvalue weighted by Crippen LogP contribution is -2.38. The monoisotopic (exact) mass is 343 g/mol. The Morgan fingerprint density at radius 1 is 1.21 bits per heavy atom. The number of halogens is 1.